The second-order valence-corrected chi connectivity index (χ2v) is 6.85. The van der Waals surface area contributed by atoms with Gasteiger partial charge in [-0.2, -0.15) is 5.10 Å². The van der Waals surface area contributed by atoms with Gasteiger partial charge in [0.1, 0.15) is 5.75 Å². The Kier molecular flexibility index (Phi) is 7.17. The maximum atomic E-state index is 11.7. The van der Waals surface area contributed by atoms with Crippen molar-refractivity contribution in [3.63, 3.8) is 0 Å². The lowest BCUT2D eigenvalue weighted by molar-refractivity contribution is -0.121. The predicted octanol–water partition coefficient (Wildman–Crippen LogP) is 4.69. The first kappa shape index (κ1) is 18.8. The molecule has 0 aliphatic rings. The van der Waals surface area contributed by atoms with Crippen LogP contribution in [-0.4, -0.2) is 18.2 Å². The first-order valence-corrected chi connectivity index (χ1v) is 7.87. The van der Waals surface area contributed by atoms with Crippen molar-refractivity contribution < 1.29 is 9.53 Å². The summed E-state index contributed by atoms with van der Waals surface area (Å²) in [4.78, 5) is 11.7. The van der Waals surface area contributed by atoms with E-state index < -0.39 is 0 Å². The zero-order chi connectivity index (χ0) is 16.8. The lowest BCUT2D eigenvalue weighted by Gasteiger charge is -2.17. The van der Waals surface area contributed by atoms with E-state index in [0.717, 1.165) is 5.71 Å². The molecule has 0 saturated carbocycles. The van der Waals surface area contributed by atoms with Gasteiger partial charge in [0.2, 0.25) is 5.91 Å². The van der Waals surface area contributed by atoms with E-state index in [1.165, 1.54) is 0 Å². The van der Waals surface area contributed by atoms with Crippen molar-refractivity contribution in [3.05, 3.63) is 28.2 Å². The van der Waals surface area contributed by atoms with Crippen molar-refractivity contribution in [3.8, 4) is 5.75 Å². The highest BCUT2D eigenvalue weighted by molar-refractivity contribution is 6.35. The third-order valence-corrected chi connectivity index (χ3v) is 3.66. The maximum Gasteiger partial charge on any atom is 0.240 e. The molecule has 4 nitrogen and oxygen atoms in total. The van der Waals surface area contributed by atoms with Gasteiger partial charge >= 0.3 is 0 Å². The lowest BCUT2D eigenvalue weighted by Crippen LogP contribution is -2.24. The maximum absolute atomic E-state index is 11.7. The molecule has 0 fully saturated rings. The Bertz CT molecular complexity index is 552. The molecule has 1 rings (SSSR count). The van der Waals surface area contributed by atoms with Gasteiger partial charge in [0, 0.05) is 22.6 Å². The fourth-order valence-electron chi connectivity index (χ4n) is 1.38. The van der Waals surface area contributed by atoms with E-state index in [2.05, 4.69) is 10.5 Å². The second kappa shape index (κ2) is 8.39. The molecule has 22 heavy (non-hydrogen) atoms. The van der Waals surface area contributed by atoms with Crippen LogP contribution in [0.4, 0.5) is 0 Å². The van der Waals surface area contributed by atoms with Gasteiger partial charge < -0.3 is 4.74 Å². The summed E-state index contributed by atoms with van der Waals surface area (Å²) >= 11 is 11.8. The molecule has 0 atom stereocenters. The molecule has 0 heterocycles. The van der Waals surface area contributed by atoms with Crippen LogP contribution < -0.4 is 10.2 Å². The molecule has 6 heteroatoms. The van der Waals surface area contributed by atoms with Gasteiger partial charge in [0.05, 0.1) is 11.6 Å². The zero-order valence-electron chi connectivity index (χ0n) is 13.4. The molecule has 0 saturated heterocycles. The summed E-state index contributed by atoms with van der Waals surface area (Å²) in [5.74, 6) is 0.433. The quantitative estimate of drug-likeness (QED) is 0.462. The molecule has 122 valence electrons. The number of hydrogen-bond donors (Lipinski definition) is 1. The number of carbonyl (C=O) groups is 1. The van der Waals surface area contributed by atoms with Crippen LogP contribution in [0.2, 0.25) is 10.0 Å². The van der Waals surface area contributed by atoms with Crippen molar-refractivity contribution in [1.29, 1.82) is 0 Å². The van der Waals surface area contributed by atoms with Crippen LogP contribution in [-0.2, 0) is 4.79 Å². The summed E-state index contributed by atoms with van der Waals surface area (Å²) in [6.07, 6.45) is 0.918. The molecule has 0 aromatic heterocycles. The SMILES string of the molecule is CC(=NNC(=O)CCCOc1ccc(Cl)cc1Cl)C(C)(C)C. The van der Waals surface area contributed by atoms with E-state index >= 15 is 0 Å². The van der Waals surface area contributed by atoms with Crippen LogP contribution in [0, 0.1) is 5.41 Å². The molecule has 0 unspecified atom stereocenters. The largest absolute Gasteiger partial charge is 0.492 e. The monoisotopic (exact) mass is 344 g/mol. The highest BCUT2D eigenvalue weighted by atomic mass is 35.5. The second-order valence-electron chi connectivity index (χ2n) is 6.01. The summed E-state index contributed by atoms with van der Waals surface area (Å²) in [6, 6.07) is 5.04. The Labute approximate surface area is 141 Å². The summed E-state index contributed by atoms with van der Waals surface area (Å²) in [7, 11) is 0. The lowest BCUT2D eigenvalue weighted by atomic mass is 9.91. The van der Waals surface area contributed by atoms with Crippen LogP contribution in [0.15, 0.2) is 23.3 Å². The van der Waals surface area contributed by atoms with E-state index in [-0.39, 0.29) is 11.3 Å². The Balaban J connectivity index is 2.31. The van der Waals surface area contributed by atoms with Crippen molar-refractivity contribution >= 4 is 34.8 Å². The average molecular weight is 345 g/mol. The van der Waals surface area contributed by atoms with Crippen LogP contribution in [0.3, 0.4) is 0 Å². The van der Waals surface area contributed by atoms with Gasteiger partial charge in [-0.3, -0.25) is 4.79 Å². The first-order valence-electron chi connectivity index (χ1n) is 7.11. The molecule has 1 amide bonds. The van der Waals surface area contributed by atoms with Crippen LogP contribution >= 0.6 is 23.2 Å². The third kappa shape index (κ3) is 6.67. The Morgan fingerprint density at radius 2 is 2.00 bits per heavy atom. The zero-order valence-corrected chi connectivity index (χ0v) is 14.9. The molecule has 0 bridgehead atoms. The van der Waals surface area contributed by atoms with Crippen LogP contribution in [0.1, 0.15) is 40.5 Å². The number of nitrogens with one attached hydrogen (secondary N) is 1. The summed E-state index contributed by atoms with van der Waals surface area (Å²) < 4.78 is 5.52. The molecular formula is C16H22Cl2N2O2. The van der Waals surface area contributed by atoms with Gasteiger partial charge in [-0.15, -0.1) is 0 Å². The highest BCUT2D eigenvalue weighted by Crippen LogP contribution is 2.27. The molecule has 0 aliphatic carbocycles. The Hall–Kier alpha value is -1.26. The normalized spacial score (nSPS) is 12.2. The molecule has 0 aliphatic heterocycles. The number of rotatable bonds is 6. The topological polar surface area (TPSA) is 50.7 Å². The van der Waals surface area contributed by atoms with Gasteiger partial charge in [-0.05, 0) is 31.5 Å². The predicted molar refractivity (Wildman–Crippen MR) is 91.9 cm³/mol. The standard InChI is InChI=1S/C16H22Cl2N2O2/c1-11(16(2,3)4)19-20-15(21)6-5-9-22-14-8-7-12(17)10-13(14)18/h7-8,10H,5-6,9H2,1-4H3,(H,20,21). The molecule has 1 aromatic rings. The summed E-state index contributed by atoms with van der Waals surface area (Å²) in [5, 5.41) is 5.12. The number of benzene rings is 1. The summed E-state index contributed by atoms with van der Waals surface area (Å²) in [5.41, 5.74) is 3.38. The fraction of sp³-hybridized carbons (Fsp3) is 0.500. The number of amides is 1. The number of ether oxygens (including phenoxy) is 1. The Morgan fingerprint density at radius 3 is 2.59 bits per heavy atom. The van der Waals surface area contributed by atoms with Crippen molar-refractivity contribution in [2.45, 2.75) is 40.5 Å². The van der Waals surface area contributed by atoms with Crippen LogP contribution in [0.25, 0.3) is 0 Å². The van der Waals surface area contributed by atoms with Crippen molar-refractivity contribution in [2.24, 2.45) is 10.5 Å². The minimum absolute atomic E-state index is 0.0538. The van der Waals surface area contributed by atoms with E-state index in [9.17, 15) is 4.79 Å². The summed E-state index contributed by atoms with van der Waals surface area (Å²) in [6.45, 7) is 8.42. The molecule has 0 radical (unpaired) electrons. The van der Waals surface area contributed by atoms with Crippen LogP contribution in [0.5, 0.6) is 5.75 Å². The van der Waals surface area contributed by atoms with Crippen molar-refractivity contribution in [2.75, 3.05) is 6.61 Å². The van der Waals surface area contributed by atoms with E-state index in [1.54, 1.807) is 18.2 Å². The Morgan fingerprint density at radius 1 is 1.32 bits per heavy atom. The number of hydrazone groups is 1. The fourth-order valence-corrected chi connectivity index (χ4v) is 1.84. The number of halogens is 2. The number of nitrogens with zero attached hydrogens (tertiary/aromatic N) is 1. The molecule has 1 N–H and O–H groups in total. The number of hydrogen-bond acceptors (Lipinski definition) is 3. The average Bonchev–Trinajstić information content (AvgIpc) is 2.41. The van der Waals surface area contributed by atoms with Gasteiger partial charge in [0.15, 0.2) is 0 Å². The third-order valence-electron chi connectivity index (χ3n) is 3.13. The van der Waals surface area contributed by atoms with Gasteiger partial charge in [0.25, 0.3) is 0 Å². The van der Waals surface area contributed by atoms with Gasteiger partial charge in [-0.1, -0.05) is 44.0 Å². The first-order chi connectivity index (χ1) is 10.2. The molecule has 0 spiro atoms. The van der Waals surface area contributed by atoms with E-state index in [0.29, 0.717) is 35.2 Å². The molecule has 1 aromatic carbocycles. The highest BCUT2D eigenvalue weighted by Gasteiger charge is 2.14. The van der Waals surface area contributed by atoms with Crippen molar-refractivity contribution in [1.82, 2.24) is 5.43 Å². The minimum atomic E-state index is -0.130. The van der Waals surface area contributed by atoms with Gasteiger partial charge in [-0.25, -0.2) is 5.43 Å². The van der Waals surface area contributed by atoms with E-state index in [1.807, 2.05) is 27.7 Å². The minimum Gasteiger partial charge on any atom is -0.492 e. The molecular weight excluding hydrogens is 323 g/mol. The smallest absolute Gasteiger partial charge is 0.240 e. The van der Waals surface area contributed by atoms with E-state index in [4.69, 9.17) is 27.9 Å². The number of carbonyl (C=O) groups excluding carboxylic acids is 1.